The summed E-state index contributed by atoms with van der Waals surface area (Å²) in [4.78, 5) is 12.6. The van der Waals surface area contributed by atoms with Gasteiger partial charge in [-0.05, 0) is 62.0 Å². The molecule has 0 radical (unpaired) electrons. The molecule has 2 rings (SSSR count). The second kappa shape index (κ2) is 11.5. The average Bonchev–Trinajstić information content (AvgIpc) is 2.67. The van der Waals surface area contributed by atoms with Crippen molar-refractivity contribution in [3.8, 4) is 5.75 Å². The molecule has 3 nitrogen and oxygen atoms in total. The number of carbonyl (C=O) groups excluding carboxylic acids is 1. The summed E-state index contributed by atoms with van der Waals surface area (Å²) < 4.78 is 5.82. The van der Waals surface area contributed by atoms with Crippen molar-refractivity contribution in [3.63, 3.8) is 0 Å². The maximum atomic E-state index is 12.6. The molecule has 0 aliphatic rings. The van der Waals surface area contributed by atoms with Crippen LogP contribution in [0.4, 0.5) is 0 Å². The van der Waals surface area contributed by atoms with Crippen LogP contribution in [0, 0.1) is 5.92 Å². The molecule has 26 heavy (non-hydrogen) atoms. The predicted molar refractivity (Wildman–Crippen MR) is 108 cm³/mol. The van der Waals surface area contributed by atoms with Gasteiger partial charge in [0, 0.05) is 12.8 Å². The molecule has 0 saturated heterocycles. The minimum absolute atomic E-state index is 0.326. The van der Waals surface area contributed by atoms with E-state index >= 15 is 0 Å². The first-order valence-electron chi connectivity index (χ1n) is 9.63. The van der Waals surface area contributed by atoms with Gasteiger partial charge in [0.25, 0.3) is 0 Å². The molecule has 0 saturated carbocycles. The Bertz CT molecular complexity index is 654. The summed E-state index contributed by atoms with van der Waals surface area (Å²) in [6, 6.07) is 18.1. The third kappa shape index (κ3) is 7.01. The van der Waals surface area contributed by atoms with Gasteiger partial charge in [0.2, 0.25) is 0 Å². The lowest BCUT2D eigenvalue weighted by Crippen LogP contribution is -2.19. The van der Waals surface area contributed by atoms with Crippen LogP contribution in [0.15, 0.2) is 54.6 Å². The van der Waals surface area contributed by atoms with Gasteiger partial charge in [0.1, 0.15) is 11.5 Å². The van der Waals surface area contributed by atoms with E-state index in [9.17, 15) is 4.79 Å². The van der Waals surface area contributed by atoms with Crippen molar-refractivity contribution in [3.05, 3.63) is 65.7 Å². The Balaban J connectivity index is 1.86. The van der Waals surface area contributed by atoms with Crippen molar-refractivity contribution in [1.82, 2.24) is 5.32 Å². The van der Waals surface area contributed by atoms with Crippen LogP contribution in [0.1, 0.15) is 37.3 Å². The highest BCUT2D eigenvalue weighted by atomic mass is 16.5. The zero-order valence-corrected chi connectivity index (χ0v) is 16.0. The maximum absolute atomic E-state index is 12.6. The van der Waals surface area contributed by atoms with Crippen LogP contribution in [0.3, 0.4) is 0 Å². The van der Waals surface area contributed by atoms with Gasteiger partial charge in [0.05, 0.1) is 6.61 Å². The number of ketones is 1. The lowest BCUT2D eigenvalue weighted by molar-refractivity contribution is -0.119. The standard InChI is InChI=1S/C23H31NO2/c1-3-20-9-7-8-10-21(20)18-22(25)17-19(13-15-24-2)14-16-26-23-11-5-4-6-12-23/h4-12,19,24H,3,13-18H2,1-2H3. The van der Waals surface area contributed by atoms with E-state index in [1.807, 2.05) is 49.5 Å². The summed E-state index contributed by atoms with van der Waals surface area (Å²) in [5, 5.41) is 3.20. The molecular weight excluding hydrogens is 322 g/mol. The first kappa shape index (κ1) is 20.2. The van der Waals surface area contributed by atoms with Crippen LogP contribution in [-0.2, 0) is 17.6 Å². The molecule has 2 aromatic carbocycles. The normalized spacial score (nSPS) is 11.9. The molecule has 0 aromatic heterocycles. The van der Waals surface area contributed by atoms with Crippen molar-refractivity contribution in [1.29, 1.82) is 0 Å². The van der Waals surface area contributed by atoms with Crippen molar-refractivity contribution >= 4 is 5.78 Å². The highest BCUT2D eigenvalue weighted by molar-refractivity contribution is 5.81. The minimum atomic E-state index is 0.326. The van der Waals surface area contributed by atoms with Gasteiger partial charge in [0.15, 0.2) is 0 Å². The fourth-order valence-electron chi connectivity index (χ4n) is 3.24. The second-order valence-corrected chi connectivity index (χ2v) is 6.75. The number of ether oxygens (including phenoxy) is 1. The smallest absolute Gasteiger partial charge is 0.137 e. The van der Waals surface area contributed by atoms with Crippen LogP contribution in [0.2, 0.25) is 0 Å². The van der Waals surface area contributed by atoms with E-state index in [4.69, 9.17) is 4.74 Å². The molecule has 0 amide bonds. The Morgan fingerprint density at radius 3 is 2.38 bits per heavy atom. The van der Waals surface area contributed by atoms with Gasteiger partial charge in [-0.15, -0.1) is 0 Å². The summed E-state index contributed by atoms with van der Waals surface area (Å²) in [5.74, 6) is 1.57. The second-order valence-electron chi connectivity index (χ2n) is 6.75. The molecule has 0 heterocycles. The number of Topliss-reactive ketones (excluding diaryl/α,β-unsaturated/α-hetero) is 1. The van der Waals surface area contributed by atoms with E-state index in [0.29, 0.717) is 31.1 Å². The monoisotopic (exact) mass is 353 g/mol. The first-order chi connectivity index (χ1) is 12.7. The van der Waals surface area contributed by atoms with Crippen LogP contribution >= 0.6 is 0 Å². The largest absolute Gasteiger partial charge is 0.494 e. The van der Waals surface area contributed by atoms with Gasteiger partial charge >= 0.3 is 0 Å². The predicted octanol–water partition coefficient (Wildman–Crippen LogP) is 4.45. The number of rotatable bonds is 12. The molecular formula is C23H31NO2. The highest BCUT2D eigenvalue weighted by Gasteiger charge is 2.15. The van der Waals surface area contributed by atoms with Crippen molar-refractivity contribution in [2.24, 2.45) is 5.92 Å². The summed E-state index contributed by atoms with van der Waals surface area (Å²) >= 11 is 0. The summed E-state index contributed by atoms with van der Waals surface area (Å²) in [7, 11) is 1.96. The molecule has 0 aliphatic heterocycles. The fourth-order valence-corrected chi connectivity index (χ4v) is 3.24. The molecule has 140 valence electrons. The minimum Gasteiger partial charge on any atom is -0.494 e. The molecule has 0 bridgehead atoms. The Morgan fingerprint density at radius 2 is 1.69 bits per heavy atom. The van der Waals surface area contributed by atoms with E-state index < -0.39 is 0 Å². The van der Waals surface area contributed by atoms with Crippen molar-refractivity contribution in [2.75, 3.05) is 20.2 Å². The number of benzene rings is 2. The Labute approximate surface area is 157 Å². The maximum Gasteiger partial charge on any atom is 0.137 e. The molecule has 1 unspecified atom stereocenters. The van der Waals surface area contributed by atoms with Crippen LogP contribution in [0.25, 0.3) is 0 Å². The Hall–Kier alpha value is -2.13. The van der Waals surface area contributed by atoms with Gasteiger partial charge in [-0.1, -0.05) is 49.4 Å². The third-order valence-corrected chi connectivity index (χ3v) is 4.74. The summed E-state index contributed by atoms with van der Waals surface area (Å²) in [5.41, 5.74) is 2.45. The fraction of sp³-hybridized carbons (Fsp3) is 0.435. The van der Waals surface area contributed by atoms with E-state index in [2.05, 4.69) is 24.4 Å². The Morgan fingerprint density at radius 1 is 1.00 bits per heavy atom. The molecule has 3 heteroatoms. The highest BCUT2D eigenvalue weighted by Crippen LogP contribution is 2.18. The number of carbonyl (C=O) groups is 1. The van der Waals surface area contributed by atoms with Gasteiger partial charge in [-0.3, -0.25) is 4.79 Å². The van der Waals surface area contributed by atoms with E-state index in [0.717, 1.165) is 31.6 Å². The molecule has 0 aliphatic carbocycles. The molecule has 2 aromatic rings. The topological polar surface area (TPSA) is 38.3 Å². The van der Waals surface area contributed by atoms with E-state index in [-0.39, 0.29) is 0 Å². The third-order valence-electron chi connectivity index (χ3n) is 4.74. The summed E-state index contributed by atoms with van der Waals surface area (Å²) in [6.45, 7) is 3.71. The van der Waals surface area contributed by atoms with Gasteiger partial charge < -0.3 is 10.1 Å². The molecule has 1 atom stereocenters. The first-order valence-corrected chi connectivity index (χ1v) is 9.63. The number of nitrogens with one attached hydrogen (secondary N) is 1. The molecule has 0 spiro atoms. The van der Waals surface area contributed by atoms with Crippen LogP contribution in [0.5, 0.6) is 5.75 Å². The molecule has 0 fully saturated rings. The van der Waals surface area contributed by atoms with Gasteiger partial charge in [-0.25, -0.2) is 0 Å². The quantitative estimate of drug-likeness (QED) is 0.613. The zero-order valence-electron chi connectivity index (χ0n) is 16.0. The number of aryl methyl sites for hydroxylation is 1. The molecule has 1 N–H and O–H groups in total. The average molecular weight is 354 g/mol. The number of hydrogen-bond donors (Lipinski definition) is 1. The summed E-state index contributed by atoms with van der Waals surface area (Å²) in [6.07, 6.45) is 4.03. The van der Waals surface area contributed by atoms with Crippen molar-refractivity contribution < 1.29 is 9.53 Å². The van der Waals surface area contributed by atoms with E-state index in [1.165, 1.54) is 11.1 Å². The number of para-hydroxylation sites is 1. The van der Waals surface area contributed by atoms with Crippen molar-refractivity contribution in [2.45, 2.75) is 39.0 Å². The SMILES string of the molecule is CCc1ccccc1CC(=O)CC(CCNC)CCOc1ccccc1. The zero-order chi connectivity index (χ0) is 18.6. The van der Waals surface area contributed by atoms with E-state index in [1.54, 1.807) is 0 Å². The lowest BCUT2D eigenvalue weighted by Gasteiger charge is -2.17. The lowest BCUT2D eigenvalue weighted by atomic mass is 9.91. The number of hydrogen-bond acceptors (Lipinski definition) is 3. The van der Waals surface area contributed by atoms with Crippen LogP contribution in [-0.4, -0.2) is 26.0 Å². The van der Waals surface area contributed by atoms with Gasteiger partial charge in [-0.2, -0.15) is 0 Å². The Kier molecular flexibility index (Phi) is 8.91. The van der Waals surface area contributed by atoms with Crippen LogP contribution < -0.4 is 10.1 Å².